The fraction of sp³-hybridized carbons (Fsp3) is 0.381. The molecule has 0 saturated heterocycles. The third kappa shape index (κ3) is 4.06. The Morgan fingerprint density at radius 2 is 1.84 bits per heavy atom. The zero-order chi connectivity index (χ0) is 22.2. The van der Waals surface area contributed by atoms with Gasteiger partial charge in [0.2, 0.25) is 16.8 Å². The molecule has 10 heteroatoms. The second-order valence-corrected chi connectivity index (χ2v) is 9.03. The molecular formula is C21H25N3O6S. The van der Waals surface area contributed by atoms with Gasteiger partial charge in [0.1, 0.15) is 0 Å². The Morgan fingerprint density at radius 3 is 2.58 bits per heavy atom. The van der Waals surface area contributed by atoms with Gasteiger partial charge in [-0.05, 0) is 42.9 Å². The van der Waals surface area contributed by atoms with Crippen molar-refractivity contribution in [2.24, 2.45) is 7.05 Å². The highest BCUT2D eigenvalue weighted by atomic mass is 32.2. The largest absolute Gasteiger partial charge is 0.454 e. The van der Waals surface area contributed by atoms with E-state index in [2.05, 4.69) is 9.62 Å². The van der Waals surface area contributed by atoms with Gasteiger partial charge in [0, 0.05) is 25.7 Å². The SMILES string of the molecule is CCN(CC)C(CNS(=O)(=O)c1ccc2c(c1)oc(=O)n2C)c1ccc2c(c1)OCO2. The van der Waals surface area contributed by atoms with E-state index in [1.54, 1.807) is 13.1 Å². The van der Waals surface area contributed by atoms with Crippen LogP contribution < -0.4 is 20.0 Å². The normalized spacial score (nSPS) is 14.5. The van der Waals surface area contributed by atoms with Crippen LogP contribution in [0, 0.1) is 0 Å². The van der Waals surface area contributed by atoms with E-state index in [9.17, 15) is 13.2 Å². The van der Waals surface area contributed by atoms with Crippen LogP contribution in [0.25, 0.3) is 11.1 Å². The average Bonchev–Trinajstić information content (AvgIpc) is 3.34. The summed E-state index contributed by atoms with van der Waals surface area (Å²) in [6.45, 7) is 5.91. The Labute approximate surface area is 180 Å². The molecule has 2 aromatic carbocycles. The number of aromatic nitrogens is 1. The quantitative estimate of drug-likeness (QED) is 0.565. The van der Waals surface area contributed by atoms with Crippen molar-refractivity contribution in [2.75, 3.05) is 26.4 Å². The zero-order valence-electron chi connectivity index (χ0n) is 17.6. The van der Waals surface area contributed by atoms with Crippen LogP contribution in [0.3, 0.4) is 0 Å². The Morgan fingerprint density at radius 1 is 1.10 bits per heavy atom. The predicted molar refractivity (Wildman–Crippen MR) is 115 cm³/mol. The fourth-order valence-corrected chi connectivity index (χ4v) is 4.85. The summed E-state index contributed by atoms with van der Waals surface area (Å²) in [5, 5.41) is 0. The topological polar surface area (TPSA) is 103 Å². The number of fused-ring (bicyclic) bond motifs is 2. The molecule has 1 aromatic heterocycles. The van der Waals surface area contributed by atoms with E-state index in [1.165, 1.54) is 16.7 Å². The summed E-state index contributed by atoms with van der Waals surface area (Å²) < 4.78 is 46.0. The molecular weight excluding hydrogens is 422 g/mol. The molecule has 0 saturated carbocycles. The summed E-state index contributed by atoms with van der Waals surface area (Å²) in [6, 6.07) is 9.86. The highest BCUT2D eigenvalue weighted by Gasteiger charge is 2.25. The summed E-state index contributed by atoms with van der Waals surface area (Å²) in [4.78, 5) is 13.9. The average molecular weight is 448 g/mol. The lowest BCUT2D eigenvalue weighted by Gasteiger charge is -2.30. The van der Waals surface area contributed by atoms with E-state index in [-0.39, 0.29) is 29.9 Å². The predicted octanol–water partition coefficient (Wildman–Crippen LogP) is 2.22. The molecule has 1 N–H and O–H groups in total. The first-order valence-corrected chi connectivity index (χ1v) is 11.5. The van der Waals surface area contributed by atoms with Crippen LogP contribution in [0.1, 0.15) is 25.5 Å². The molecule has 1 aliphatic rings. The lowest BCUT2D eigenvalue weighted by atomic mass is 10.0. The number of oxazole rings is 1. The Bertz CT molecular complexity index is 1260. The molecule has 1 unspecified atom stereocenters. The minimum atomic E-state index is -3.82. The van der Waals surface area contributed by atoms with Crippen molar-refractivity contribution >= 4 is 21.1 Å². The number of sulfonamides is 1. The number of hydrogen-bond acceptors (Lipinski definition) is 7. The number of rotatable bonds is 8. The number of nitrogens with one attached hydrogen (secondary N) is 1. The first kappa shape index (κ1) is 21.4. The first-order valence-electron chi connectivity index (χ1n) is 10.1. The summed E-state index contributed by atoms with van der Waals surface area (Å²) in [7, 11) is -2.25. The lowest BCUT2D eigenvalue weighted by molar-refractivity contribution is 0.173. The molecule has 9 nitrogen and oxygen atoms in total. The van der Waals surface area contributed by atoms with E-state index >= 15 is 0 Å². The zero-order valence-corrected chi connectivity index (χ0v) is 18.4. The number of benzene rings is 2. The minimum Gasteiger partial charge on any atom is -0.454 e. The Balaban J connectivity index is 1.60. The maximum Gasteiger partial charge on any atom is 0.419 e. The standard InChI is InChI=1S/C21H25N3O6S/c1-4-24(5-2)17(14-6-9-18-20(10-14)29-13-28-18)12-22-31(26,27)15-7-8-16-19(11-15)30-21(25)23(16)3/h6-11,17,22H,4-5,12-13H2,1-3H3. The number of aryl methyl sites for hydroxylation is 1. The van der Waals surface area contributed by atoms with Crippen molar-refractivity contribution < 1.29 is 22.3 Å². The van der Waals surface area contributed by atoms with Crippen LogP contribution in [0.4, 0.5) is 0 Å². The van der Waals surface area contributed by atoms with Gasteiger partial charge in [-0.3, -0.25) is 9.47 Å². The number of ether oxygens (including phenoxy) is 2. The van der Waals surface area contributed by atoms with Gasteiger partial charge in [0.25, 0.3) is 0 Å². The maximum atomic E-state index is 13.0. The van der Waals surface area contributed by atoms with Gasteiger partial charge < -0.3 is 13.9 Å². The third-order valence-corrected chi connectivity index (χ3v) is 7.00. The molecule has 0 bridgehead atoms. The summed E-state index contributed by atoms with van der Waals surface area (Å²) in [5.74, 6) is 0.796. The van der Waals surface area contributed by atoms with Gasteiger partial charge in [-0.15, -0.1) is 0 Å². The van der Waals surface area contributed by atoms with Crippen LogP contribution in [-0.2, 0) is 17.1 Å². The van der Waals surface area contributed by atoms with Gasteiger partial charge in [0.15, 0.2) is 17.1 Å². The highest BCUT2D eigenvalue weighted by molar-refractivity contribution is 7.89. The van der Waals surface area contributed by atoms with Gasteiger partial charge in [-0.1, -0.05) is 19.9 Å². The number of hydrogen-bond donors (Lipinski definition) is 1. The van der Waals surface area contributed by atoms with Crippen molar-refractivity contribution in [2.45, 2.75) is 24.8 Å². The molecule has 2 heterocycles. The van der Waals surface area contributed by atoms with Crippen molar-refractivity contribution in [3.63, 3.8) is 0 Å². The second-order valence-electron chi connectivity index (χ2n) is 7.26. The van der Waals surface area contributed by atoms with Crippen molar-refractivity contribution in [3.05, 3.63) is 52.5 Å². The second kappa shape index (κ2) is 8.37. The molecule has 31 heavy (non-hydrogen) atoms. The minimum absolute atomic E-state index is 0.0401. The fourth-order valence-electron chi connectivity index (χ4n) is 3.80. The molecule has 0 amide bonds. The van der Waals surface area contributed by atoms with Gasteiger partial charge in [0.05, 0.1) is 10.4 Å². The maximum absolute atomic E-state index is 13.0. The van der Waals surface area contributed by atoms with Gasteiger partial charge in [-0.2, -0.15) is 0 Å². The molecule has 0 spiro atoms. The first-order chi connectivity index (χ1) is 14.8. The van der Waals surface area contributed by atoms with Gasteiger partial charge in [-0.25, -0.2) is 17.9 Å². The van der Waals surface area contributed by atoms with E-state index < -0.39 is 15.8 Å². The van der Waals surface area contributed by atoms with E-state index in [0.717, 1.165) is 18.7 Å². The molecule has 1 atom stereocenters. The van der Waals surface area contributed by atoms with Gasteiger partial charge >= 0.3 is 5.76 Å². The van der Waals surface area contributed by atoms with E-state index in [4.69, 9.17) is 13.9 Å². The van der Waals surface area contributed by atoms with Crippen molar-refractivity contribution in [1.29, 1.82) is 0 Å². The van der Waals surface area contributed by atoms with E-state index in [1.807, 2.05) is 32.0 Å². The van der Waals surface area contributed by atoms with Crippen LogP contribution in [0.5, 0.6) is 11.5 Å². The number of likely N-dealkylation sites (N-methyl/N-ethyl adjacent to an activating group) is 1. The monoisotopic (exact) mass is 447 g/mol. The molecule has 0 radical (unpaired) electrons. The Hall–Kier alpha value is -2.82. The molecule has 0 fully saturated rings. The molecule has 166 valence electrons. The summed E-state index contributed by atoms with van der Waals surface area (Å²) in [6.07, 6.45) is 0. The molecule has 3 aromatic rings. The summed E-state index contributed by atoms with van der Waals surface area (Å²) >= 11 is 0. The Kier molecular flexibility index (Phi) is 5.78. The van der Waals surface area contributed by atoms with E-state index in [0.29, 0.717) is 17.0 Å². The summed E-state index contributed by atoms with van der Waals surface area (Å²) in [5.41, 5.74) is 1.69. The molecule has 0 aliphatic carbocycles. The third-order valence-electron chi connectivity index (χ3n) is 5.58. The molecule has 1 aliphatic heterocycles. The number of nitrogens with zero attached hydrogens (tertiary/aromatic N) is 2. The van der Waals surface area contributed by atoms with Crippen molar-refractivity contribution in [1.82, 2.24) is 14.2 Å². The van der Waals surface area contributed by atoms with Crippen LogP contribution in [-0.4, -0.2) is 44.3 Å². The van der Waals surface area contributed by atoms with Crippen LogP contribution in [0.15, 0.2) is 50.5 Å². The smallest absolute Gasteiger partial charge is 0.419 e. The van der Waals surface area contributed by atoms with Crippen molar-refractivity contribution in [3.8, 4) is 11.5 Å². The molecule has 4 rings (SSSR count). The van der Waals surface area contributed by atoms with Crippen LogP contribution in [0.2, 0.25) is 0 Å². The lowest BCUT2D eigenvalue weighted by Crippen LogP contribution is -2.38. The highest BCUT2D eigenvalue weighted by Crippen LogP contribution is 2.35. The van der Waals surface area contributed by atoms with Crippen LogP contribution >= 0.6 is 0 Å².